The molecule has 1 aromatic heterocycles. The van der Waals surface area contributed by atoms with E-state index in [-0.39, 0.29) is 23.1 Å². The number of hydrogen-bond donors (Lipinski definition) is 3. The molecule has 3 rings (SSSR count). The summed E-state index contributed by atoms with van der Waals surface area (Å²) in [4.78, 5) is 24.2. The maximum atomic E-state index is 12.1. The lowest BCUT2D eigenvalue weighted by Crippen LogP contribution is -2.37. The standard InChI is InChI=1S/C19H21N3O5S/c1-4-12(15-10-9-11(2)27-15)20-16-17(19(24)18(16)23)21-13-7-5-6-8-14(13)22-28(3,25)26/h5-10,12,20-22H,4H2,1-3H3/t12-/m1/s1. The van der Waals surface area contributed by atoms with Gasteiger partial charge in [0.2, 0.25) is 10.0 Å². The van der Waals surface area contributed by atoms with Gasteiger partial charge in [-0.05, 0) is 37.6 Å². The first kappa shape index (κ1) is 19.7. The van der Waals surface area contributed by atoms with Crippen LogP contribution in [0.3, 0.4) is 0 Å². The Morgan fingerprint density at radius 3 is 2.21 bits per heavy atom. The van der Waals surface area contributed by atoms with E-state index >= 15 is 0 Å². The molecule has 0 radical (unpaired) electrons. The van der Waals surface area contributed by atoms with Crippen molar-refractivity contribution in [2.75, 3.05) is 21.6 Å². The minimum absolute atomic E-state index is 0.0921. The fourth-order valence-electron chi connectivity index (χ4n) is 2.85. The number of aryl methyl sites for hydroxylation is 1. The molecule has 3 aromatic rings. The minimum Gasteiger partial charge on any atom is -0.464 e. The molecule has 9 heteroatoms. The van der Waals surface area contributed by atoms with Gasteiger partial charge in [0.15, 0.2) is 0 Å². The van der Waals surface area contributed by atoms with Crippen LogP contribution in [0.1, 0.15) is 30.9 Å². The molecule has 2 aromatic carbocycles. The first-order valence-electron chi connectivity index (χ1n) is 8.69. The van der Waals surface area contributed by atoms with Gasteiger partial charge in [-0.3, -0.25) is 14.3 Å². The number of anilines is 4. The van der Waals surface area contributed by atoms with E-state index in [9.17, 15) is 18.0 Å². The highest BCUT2D eigenvalue weighted by molar-refractivity contribution is 7.92. The van der Waals surface area contributed by atoms with Crippen molar-refractivity contribution in [3.8, 4) is 0 Å². The van der Waals surface area contributed by atoms with Crippen LogP contribution >= 0.6 is 0 Å². The Morgan fingerprint density at radius 2 is 1.64 bits per heavy atom. The van der Waals surface area contributed by atoms with Crippen molar-refractivity contribution in [1.82, 2.24) is 0 Å². The zero-order valence-corrected chi connectivity index (χ0v) is 16.5. The van der Waals surface area contributed by atoms with E-state index in [0.29, 0.717) is 17.9 Å². The van der Waals surface area contributed by atoms with Crippen LogP contribution in [0.4, 0.5) is 22.7 Å². The molecule has 0 aliphatic rings. The Bertz CT molecular complexity index is 1170. The fourth-order valence-corrected chi connectivity index (χ4v) is 3.43. The summed E-state index contributed by atoms with van der Waals surface area (Å²) < 4.78 is 31.1. The Morgan fingerprint density at radius 1 is 1.00 bits per heavy atom. The smallest absolute Gasteiger partial charge is 0.253 e. The molecule has 0 aliphatic heterocycles. The fraction of sp³-hybridized carbons (Fsp3) is 0.263. The Hall–Kier alpha value is -3.07. The van der Waals surface area contributed by atoms with E-state index in [2.05, 4.69) is 15.4 Å². The summed E-state index contributed by atoms with van der Waals surface area (Å²) in [5.41, 5.74) is -0.405. The third kappa shape index (κ3) is 4.09. The van der Waals surface area contributed by atoms with Crippen LogP contribution in [0.25, 0.3) is 0 Å². The van der Waals surface area contributed by atoms with E-state index in [0.717, 1.165) is 12.0 Å². The maximum Gasteiger partial charge on any atom is 0.253 e. The number of sulfonamides is 1. The first-order chi connectivity index (χ1) is 13.2. The zero-order valence-electron chi connectivity index (χ0n) is 15.7. The van der Waals surface area contributed by atoms with E-state index in [1.807, 2.05) is 26.0 Å². The van der Waals surface area contributed by atoms with Crippen LogP contribution in [0.15, 0.2) is 50.4 Å². The third-order valence-corrected chi connectivity index (χ3v) is 4.81. The summed E-state index contributed by atoms with van der Waals surface area (Å²) in [5, 5.41) is 5.94. The Kier molecular flexibility index (Phi) is 5.28. The molecular weight excluding hydrogens is 382 g/mol. The van der Waals surface area contributed by atoms with E-state index < -0.39 is 20.9 Å². The molecule has 3 N–H and O–H groups in total. The van der Waals surface area contributed by atoms with Gasteiger partial charge in [0, 0.05) is 0 Å². The highest BCUT2D eigenvalue weighted by Crippen LogP contribution is 2.30. The predicted octanol–water partition coefficient (Wildman–Crippen LogP) is 2.86. The lowest BCUT2D eigenvalue weighted by Gasteiger charge is -2.21. The van der Waals surface area contributed by atoms with Crippen molar-refractivity contribution < 1.29 is 12.8 Å². The van der Waals surface area contributed by atoms with E-state index in [1.54, 1.807) is 24.3 Å². The summed E-state index contributed by atoms with van der Waals surface area (Å²) >= 11 is 0. The SMILES string of the molecule is CC[C@@H](Nc1c(Nc2ccccc2NS(C)(=O)=O)c(=O)c1=O)c1ccc(C)o1. The molecule has 0 spiro atoms. The van der Waals surface area contributed by atoms with Gasteiger partial charge in [0.1, 0.15) is 22.9 Å². The van der Waals surface area contributed by atoms with E-state index in [4.69, 9.17) is 4.42 Å². The topological polar surface area (TPSA) is 118 Å². The molecule has 0 saturated heterocycles. The number of rotatable bonds is 8. The highest BCUT2D eigenvalue weighted by Gasteiger charge is 2.25. The molecule has 1 atom stereocenters. The molecule has 0 amide bonds. The Balaban J connectivity index is 1.89. The molecule has 148 valence electrons. The number of nitrogens with one attached hydrogen (secondary N) is 3. The van der Waals surface area contributed by atoms with Crippen molar-refractivity contribution in [3.05, 3.63) is 68.4 Å². The minimum atomic E-state index is -3.50. The summed E-state index contributed by atoms with van der Waals surface area (Å²) in [5.74, 6) is 1.41. The van der Waals surface area contributed by atoms with Crippen molar-refractivity contribution in [1.29, 1.82) is 0 Å². The summed E-state index contributed by atoms with van der Waals surface area (Å²) in [6, 6.07) is 9.89. The van der Waals surface area contributed by atoms with E-state index in [1.165, 1.54) is 0 Å². The number of furan rings is 1. The van der Waals surface area contributed by atoms with Crippen LogP contribution in [0, 0.1) is 6.92 Å². The molecule has 0 saturated carbocycles. The average molecular weight is 403 g/mol. The summed E-state index contributed by atoms with van der Waals surface area (Å²) in [6.07, 6.45) is 1.67. The number of benzene rings is 1. The van der Waals surface area contributed by atoms with Gasteiger partial charge < -0.3 is 15.1 Å². The quantitative estimate of drug-likeness (QED) is 0.495. The van der Waals surface area contributed by atoms with Crippen molar-refractivity contribution in [2.24, 2.45) is 0 Å². The largest absolute Gasteiger partial charge is 0.464 e. The average Bonchev–Trinajstić information content (AvgIpc) is 3.07. The number of hydrogen-bond acceptors (Lipinski definition) is 7. The number of para-hydroxylation sites is 2. The van der Waals surface area contributed by atoms with Gasteiger partial charge in [-0.2, -0.15) is 0 Å². The lowest BCUT2D eigenvalue weighted by atomic mass is 10.1. The summed E-state index contributed by atoms with van der Waals surface area (Å²) in [7, 11) is -3.50. The second-order valence-electron chi connectivity index (χ2n) is 6.51. The predicted molar refractivity (Wildman–Crippen MR) is 110 cm³/mol. The zero-order chi connectivity index (χ0) is 20.5. The molecule has 0 fully saturated rings. The van der Waals surface area contributed by atoms with Crippen molar-refractivity contribution >= 4 is 32.8 Å². The summed E-state index contributed by atoms with van der Waals surface area (Å²) in [6.45, 7) is 3.76. The van der Waals surface area contributed by atoms with Gasteiger partial charge >= 0.3 is 0 Å². The molecular formula is C19H21N3O5S. The lowest BCUT2D eigenvalue weighted by molar-refractivity contribution is 0.452. The van der Waals surface area contributed by atoms with Crippen LogP contribution in [-0.2, 0) is 10.0 Å². The maximum absolute atomic E-state index is 12.1. The molecule has 28 heavy (non-hydrogen) atoms. The Labute approximate surface area is 162 Å². The van der Waals surface area contributed by atoms with Crippen molar-refractivity contribution in [2.45, 2.75) is 26.3 Å². The van der Waals surface area contributed by atoms with Gasteiger partial charge in [0.25, 0.3) is 10.9 Å². The second-order valence-corrected chi connectivity index (χ2v) is 8.26. The monoisotopic (exact) mass is 403 g/mol. The van der Waals surface area contributed by atoms with Gasteiger partial charge in [0.05, 0.1) is 23.7 Å². The van der Waals surface area contributed by atoms with Crippen molar-refractivity contribution in [3.63, 3.8) is 0 Å². The first-order valence-corrected chi connectivity index (χ1v) is 10.6. The van der Waals surface area contributed by atoms with Gasteiger partial charge in [-0.15, -0.1) is 0 Å². The van der Waals surface area contributed by atoms with Crippen LogP contribution in [0.5, 0.6) is 0 Å². The molecule has 0 aliphatic carbocycles. The molecule has 8 nitrogen and oxygen atoms in total. The molecule has 1 heterocycles. The second kappa shape index (κ2) is 7.51. The highest BCUT2D eigenvalue weighted by atomic mass is 32.2. The van der Waals surface area contributed by atoms with Gasteiger partial charge in [-0.1, -0.05) is 19.1 Å². The third-order valence-electron chi connectivity index (χ3n) is 4.22. The molecule has 0 bridgehead atoms. The molecule has 0 unspecified atom stereocenters. The van der Waals surface area contributed by atoms with Crippen LogP contribution in [0.2, 0.25) is 0 Å². The van der Waals surface area contributed by atoms with Gasteiger partial charge in [-0.25, -0.2) is 8.42 Å². The normalized spacial score (nSPS) is 12.7. The van der Waals surface area contributed by atoms with Crippen LogP contribution < -0.4 is 26.2 Å². The van der Waals surface area contributed by atoms with Crippen LogP contribution in [-0.4, -0.2) is 14.7 Å².